The van der Waals surface area contributed by atoms with Crippen molar-refractivity contribution in [2.24, 2.45) is 10.1 Å². The molecule has 0 spiro atoms. The van der Waals surface area contributed by atoms with Gasteiger partial charge >= 0.3 is 0 Å². The summed E-state index contributed by atoms with van der Waals surface area (Å²) in [6.07, 6.45) is 1.00. The molecular formula is C23H21N5O3. The van der Waals surface area contributed by atoms with Crippen molar-refractivity contribution in [3.05, 3.63) is 59.7 Å². The molecular weight excluding hydrogens is 394 g/mol. The van der Waals surface area contributed by atoms with Crippen molar-refractivity contribution in [2.75, 3.05) is 19.7 Å². The summed E-state index contributed by atoms with van der Waals surface area (Å²) in [5.74, 6) is -0.0322. The molecule has 2 fully saturated rings. The van der Waals surface area contributed by atoms with Gasteiger partial charge in [0.2, 0.25) is 0 Å². The van der Waals surface area contributed by atoms with E-state index in [0.29, 0.717) is 23.0 Å². The molecule has 2 atom stereocenters. The zero-order valence-corrected chi connectivity index (χ0v) is 16.7. The van der Waals surface area contributed by atoms with E-state index in [1.807, 2.05) is 53.4 Å². The molecule has 3 aromatic rings. The number of hydrogen-bond acceptors (Lipinski definition) is 6. The van der Waals surface area contributed by atoms with Crippen LogP contribution < -0.4 is 5.32 Å². The van der Waals surface area contributed by atoms with Crippen LogP contribution in [0, 0.1) is 0 Å². The zero-order chi connectivity index (χ0) is 20.9. The Labute approximate surface area is 178 Å². The Hall–Kier alpha value is -3.65. The molecule has 0 aliphatic carbocycles. The van der Waals surface area contributed by atoms with Gasteiger partial charge in [-0.05, 0) is 18.6 Å². The first-order chi connectivity index (χ1) is 15.2. The summed E-state index contributed by atoms with van der Waals surface area (Å²) in [6.45, 7) is 1.44. The topological polar surface area (TPSA) is 102 Å². The van der Waals surface area contributed by atoms with E-state index in [9.17, 15) is 9.90 Å². The Morgan fingerprint density at radius 3 is 2.90 bits per heavy atom. The van der Waals surface area contributed by atoms with E-state index in [-0.39, 0.29) is 24.4 Å². The first kappa shape index (κ1) is 18.1. The van der Waals surface area contributed by atoms with Crippen LogP contribution in [0.4, 0.5) is 5.69 Å². The number of benzene rings is 2. The number of likely N-dealkylation sites (tertiary alicyclic amines) is 1. The number of carbonyl (C=O) groups is 1. The third-order valence-corrected chi connectivity index (χ3v) is 6.26. The summed E-state index contributed by atoms with van der Waals surface area (Å²) < 4.78 is 0. The first-order valence-corrected chi connectivity index (χ1v) is 10.4. The quantitative estimate of drug-likeness (QED) is 0.569. The molecule has 2 aromatic carbocycles. The SMILES string of the molecule is O=C(CO/N=C1/C(c2c(O)[nH]c3ccccc23)=Nc2ccccc21)N1C[C@H]2C[C@@H]1CN2. The van der Waals surface area contributed by atoms with Gasteiger partial charge in [-0.15, -0.1) is 0 Å². The van der Waals surface area contributed by atoms with Gasteiger partial charge in [0, 0.05) is 41.6 Å². The molecule has 1 aromatic heterocycles. The summed E-state index contributed by atoms with van der Waals surface area (Å²) in [7, 11) is 0. The number of rotatable bonds is 4. The third-order valence-electron chi connectivity index (χ3n) is 6.26. The number of para-hydroxylation sites is 2. The number of hydrogen-bond donors (Lipinski definition) is 3. The fourth-order valence-corrected chi connectivity index (χ4v) is 4.81. The third kappa shape index (κ3) is 2.90. The lowest BCUT2D eigenvalue weighted by molar-refractivity contribution is -0.137. The molecule has 156 valence electrons. The lowest BCUT2D eigenvalue weighted by Crippen LogP contribution is -2.47. The van der Waals surface area contributed by atoms with Crippen LogP contribution in [0.1, 0.15) is 17.5 Å². The van der Waals surface area contributed by atoms with Crippen molar-refractivity contribution in [1.82, 2.24) is 15.2 Å². The second kappa shape index (κ2) is 6.95. The molecule has 8 nitrogen and oxygen atoms in total. The maximum atomic E-state index is 12.6. The maximum Gasteiger partial charge on any atom is 0.263 e. The summed E-state index contributed by atoms with van der Waals surface area (Å²) in [4.78, 5) is 27.7. The molecule has 6 rings (SSSR count). The standard InChI is InChI=1S/C23H21N5O3/c29-19(28-11-13-9-14(28)10-24-13)12-31-27-21-16-6-2-4-8-18(16)25-22(21)20-15-5-1-3-7-17(15)26-23(20)30/h1-8,13-14,24,26,30H,9-12H2/b27-21+/t13-,14-/m1/s1. The molecule has 0 saturated carbocycles. The minimum Gasteiger partial charge on any atom is -0.494 e. The molecule has 31 heavy (non-hydrogen) atoms. The Balaban J connectivity index is 1.31. The Bertz CT molecular complexity index is 1260. The second-order valence-electron chi connectivity index (χ2n) is 8.13. The number of piperazine rings is 1. The molecule has 1 amide bonds. The van der Waals surface area contributed by atoms with Crippen LogP contribution in [-0.4, -0.2) is 64.1 Å². The number of H-pyrrole nitrogens is 1. The smallest absolute Gasteiger partial charge is 0.263 e. The van der Waals surface area contributed by atoms with Crippen molar-refractivity contribution in [2.45, 2.75) is 18.5 Å². The van der Waals surface area contributed by atoms with Crippen LogP contribution in [0.5, 0.6) is 5.88 Å². The molecule has 2 saturated heterocycles. The van der Waals surface area contributed by atoms with E-state index in [2.05, 4.69) is 15.5 Å². The normalized spacial score (nSPS) is 22.9. The summed E-state index contributed by atoms with van der Waals surface area (Å²) in [5, 5.41) is 19.2. The lowest BCUT2D eigenvalue weighted by Gasteiger charge is -2.26. The summed E-state index contributed by atoms with van der Waals surface area (Å²) >= 11 is 0. The number of nitrogens with zero attached hydrogens (tertiary/aromatic N) is 3. The lowest BCUT2D eigenvalue weighted by atomic mass is 10.0. The highest BCUT2D eigenvalue weighted by molar-refractivity contribution is 6.58. The van der Waals surface area contributed by atoms with Gasteiger partial charge in [0.15, 0.2) is 12.5 Å². The van der Waals surface area contributed by atoms with Gasteiger partial charge in [-0.1, -0.05) is 41.6 Å². The molecule has 8 heteroatoms. The van der Waals surface area contributed by atoms with Crippen molar-refractivity contribution >= 4 is 33.9 Å². The number of carbonyl (C=O) groups excluding carboxylic acids is 1. The summed E-state index contributed by atoms with van der Waals surface area (Å²) in [6, 6.07) is 15.9. The maximum absolute atomic E-state index is 12.6. The van der Waals surface area contributed by atoms with Crippen LogP contribution in [-0.2, 0) is 9.63 Å². The minimum absolute atomic E-state index is 0.0251. The van der Waals surface area contributed by atoms with Gasteiger partial charge in [-0.2, -0.15) is 0 Å². The number of aliphatic imine (C=N–C) groups is 1. The molecule has 2 bridgehead atoms. The van der Waals surface area contributed by atoms with Gasteiger partial charge in [-0.3, -0.25) is 4.79 Å². The predicted octanol–water partition coefficient (Wildman–Crippen LogP) is 2.30. The van der Waals surface area contributed by atoms with E-state index in [1.54, 1.807) is 0 Å². The molecule has 3 aliphatic rings. The largest absolute Gasteiger partial charge is 0.494 e. The Morgan fingerprint density at radius 2 is 2.06 bits per heavy atom. The highest BCUT2D eigenvalue weighted by Gasteiger charge is 2.40. The molecule has 0 radical (unpaired) electrons. The number of oxime groups is 1. The van der Waals surface area contributed by atoms with E-state index < -0.39 is 0 Å². The van der Waals surface area contributed by atoms with Crippen LogP contribution in [0.3, 0.4) is 0 Å². The summed E-state index contributed by atoms with van der Waals surface area (Å²) in [5.41, 5.74) is 3.96. The van der Waals surface area contributed by atoms with E-state index in [0.717, 1.165) is 41.7 Å². The number of aromatic hydroxyl groups is 1. The van der Waals surface area contributed by atoms with Crippen molar-refractivity contribution < 1.29 is 14.7 Å². The number of aromatic amines is 1. The Kier molecular flexibility index (Phi) is 4.07. The molecule has 0 unspecified atom stereocenters. The van der Waals surface area contributed by atoms with E-state index >= 15 is 0 Å². The highest BCUT2D eigenvalue weighted by Crippen LogP contribution is 2.35. The average Bonchev–Trinajstić information content (AvgIpc) is 3.55. The van der Waals surface area contributed by atoms with Crippen molar-refractivity contribution in [3.8, 4) is 5.88 Å². The van der Waals surface area contributed by atoms with Crippen LogP contribution in [0.2, 0.25) is 0 Å². The van der Waals surface area contributed by atoms with Gasteiger partial charge in [0.1, 0.15) is 11.4 Å². The second-order valence-corrected chi connectivity index (χ2v) is 8.13. The Morgan fingerprint density at radius 1 is 1.23 bits per heavy atom. The van der Waals surface area contributed by atoms with E-state index in [4.69, 9.17) is 9.83 Å². The van der Waals surface area contributed by atoms with Gasteiger partial charge in [-0.25, -0.2) is 4.99 Å². The van der Waals surface area contributed by atoms with Gasteiger partial charge < -0.3 is 25.1 Å². The first-order valence-electron chi connectivity index (χ1n) is 10.4. The van der Waals surface area contributed by atoms with Crippen molar-refractivity contribution in [1.29, 1.82) is 0 Å². The zero-order valence-electron chi connectivity index (χ0n) is 16.7. The van der Waals surface area contributed by atoms with Crippen molar-refractivity contribution in [3.63, 3.8) is 0 Å². The predicted molar refractivity (Wildman–Crippen MR) is 117 cm³/mol. The fraction of sp³-hybridized carbons (Fsp3) is 0.261. The minimum atomic E-state index is -0.123. The van der Waals surface area contributed by atoms with E-state index in [1.165, 1.54) is 0 Å². The molecule has 3 aliphatic heterocycles. The van der Waals surface area contributed by atoms with Crippen LogP contribution >= 0.6 is 0 Å². The number of nitrogens with one attached hydrogen (secondary N) is 2. The molecule has 3 N–H and O–H groups in total. The van der Waals surface area contributed by atoms with Gasteiger partial charge in [0.05, 0.1) is 11.3 Å². The monoisotopic (exact) mass is 415 g/mol. The number of aromatic nitrogens is 1. The average molecular weight is 415 g/mol. The molecule has 4 heterocycles. The number of fused-ring (bicyclic) bond motifs is 4. The fourth-order valence-electron chi connectivity index (χ4n) is 4.81. The number of amides is 1. The van der Waals surface area contributed by atoms with Gasteiger partial charge in [0.25, 0.3) is 5.91 Å². The highest BCUT2D eigenvalue weighted by atomic mass is 16.6. The van der Waals surface area contributed by atoms with Crippen LogP contribution in [0.15, 0.2) is 58.7 Å². The van der Waals surface area contributed by atoms with Crippen LogP contribution in [0.25, 0.3) is 10.9 Å².